The van der Waals surface area contributed by atoms with E-state index < -0.39 is 0 Å². The lowest BCUT2D eigenvalue weighted by Crippen LogP contribution is -1.82. The van der Waals surface area contributed by atoms with Crippen LogP contribution in [0.1, 0.15) is 0 Å². The molecule has 0 atom stereocenters. The van der Waals surface area contributed by atoms with E-state index in [0.717, 1.165) is 5.69 Å². The molecule has 2 aromatic carbocycles. The monoisotopic (exact) mass is 174 g/mol. The van der Waals surface area contributed by atoms with Gasteiger partial charge in [0.05, 0.1) is 0 Å². The van der Waals surface area contributed by atoms with Gasteiger partial charge in [-0.15, -0.1) is 0 Å². The van der Waals surface area contributed by atoms with Crippen LogP contribution in [0, 0.1) is 0 Å². The van der Waals surface area contributed by atoms with E-state index in [1.165, 1.54) is 17.8 Å². The fourth-order valence-electron chi connectivity index (χ4n) is 1.21. The van der Waals surface area contributed by atoms with E-state index in [0.29, 0.717) is 0 Å². The zero-order chi connectivity index (χ0) is 9.68. The maximum Gasteiger partial charge on any atom is 0.0320 e. The molecule has 0 aliphatic rings. The van der Waals surface area contributed by atoms with E-state index in [4.69, 9.17) is 5.73 Å². The maximum atomic E-state index is 5.62. The molecule has 68 valence electrons. The number of anilines is 1. The van der Waals surface area contributed by atoms with Crippen LogP contribution in [-0.2, 0) is 0 Å². The minimum absolute atomic E-state index is 0.823. The summed E-state index contributed by atoms with van der Waals surface area (Å²) < 4.78 is 0. The maximum absolute atomic E-state index is 5.62. The third-order valence-corrected chi connectivity index (χ3v) is 1.77. The number of rotatable bonds is 0. The molecule has 0 aliphatic heterocycles. The van der Waals surface area contributed by atoms with Crippen LogP contribution in [0.25, 0.3) is 10.8 Å². The standard InChI is InChI=1S/C10H9N.CH5N/c11-10-6-5-8-3-1-2-4-9(8)7-10;1-2/h1-7H,11H2;2H2,1H3. The van der Waals surface area contributed by atoms with E-state index in [9.17, 15) is 0 Å². The lowest BCUT2D eigenvalue weighted by atomic mass is 10.1. The first-order chi connectivity index (χ1) is 6.36. The molecule has 13 heavy (non-hydrogen) atoms. The Morgan fingerprint density at radius 1 is 0.846 bits per heavy atom. The first-order valence-electron chi connectivity index (χ1n) is 4.18. The van der Waals surface area contributed by atoms with E-state index in [1.807, 2.05) is 30.3 Å². The van der Waals surface area contributed by atoms with Crippen molar-refractivity contribution in [1.82, 2.24) is 0 Å². The molecular weight excluding hydrogens is 160 g/mol. The number of nitrogens with two attached hydrogens (primary N) is 2. The molecule has 0 fully saturated rings. The molecule has 0 radical (unpaired) electrons. The molecule has 0 aliphatic carbocycles. The Labute approximate surface area is 78.2 Å². The summed E-state index contributed by atoms with van der Waals surface area (Å²) in [5.74, 6) is 0. The van der Waals surface area contributed by atoms with Crippen LogP contribution < -0.4 is 11.5 Å². The highest BCUT2D eigenvalue weighted by molar-refractivity contribution is 5.85. The molecule has 0 bridgehead atoms. The van der Waals surface area contributed by atoms with Gasteiger partial charge in [0.25, 0.3) is 0 Å². The first kappa shape index (κ1) is 9.55. The fourth-order valence-corrected chi connectivity index (χ4v) is 1.21. The van der Waals surface area contributed by atoms with Gasteiger partial charge in [0.1, 0.15) is 0 Å². The van der Waals surface area contributed by atoms with Crippen LogP contribution in [-0.4, -0.2) is 7.05 Å². The topological polar surface area (TPSA) is 52.0 Å². The average Bonchev–Trinajstić information content (AvgIpc) is 2.21. The van der Waals surface area contributed by atoms with E-state index in [1.54, 1.807) is 0 Å². The van der Waals surface area contributed by atoms with Crippen molar-refractivity contribution in [2.45, 2.75) is 0 Å². The lowest BCUT2D eigenvalue weighted by Gasteiger charge is -1.96. The molecule has 0 saturated heterocycles. The van der Waals surface area contributed by atoms with Gasteiger partial charge in [-0.05, 0) is 30.0 Å². The van der Waals surface area contributed by atoms with Gasteiger partial charge >= 0.3 is 0 Å². The third kappa shape index (κ3) is 2.20. The van der Waals surface area contributed by atoms with Gasteiger partial charge in [-0.2, -0.15) is 0 Å². The predicted molar refractivity (Wildman–Crippen MR) is 58.5 cm³/mol. The summed E-state index contributed by atoms with van der Waals surface area (Å²) in [6, 6.07) is 14.1. The van der Waals surface area contributed by atoms with Gasteiger partial charge < -0.3 is 11.5 Å². The smallest absolute Gasteiger partial charge is 0.0320 e. The molecule has 0 unspecified atom stereocenters. The summed E-state index contributed by atoms with van der Waals surface area (Å²) in [5.41, 5.74) is 10.9. The number of hydrogen-bond acceptors (Lipinski definition) is 2. The summed E-state index contributed by atoms with van der Waals surface area (Å²) in [7, 11) is 1.50. The molecule has 0 spiro atoms. The normalized spacial score (nSPS) is 9.08. The van der Waals surface area contributed by atoms with E-state index in [2.05, 4.69) is 17.9 Å². The van der Waals surface area contributed by atoms with Crippen molar-refractivity contribution < 1.29 is 0 Å². The molecule has 0 amide bonds. The van der Waals surface area contributed by atoms with E-state index >= 15 is 0 Å². The van der Waals surface area contributed by atoms with Crippen molar-refractivity contribution in [2.24, 2.45) is 5.73 Å². The van der Waals surface area contributed by atoms with Crippen LogP contribution in [0.4, 0.5) is 5.69 Å². The minimum atomic E-state index is 0.823. The van der Waals surface area contributed by atoms with Crippen molar-refractivity contribution >= 4 is 16.5 Å². The van der Waals surface area contributed by atoms with Crippen molar-refractivity contribution in [3.63, 3.8) is 0 Å². The Kier molecular flexibility index (Phi) is 3.29. The van der Waals surface area contributed by atoms with Gasteiger partial charge in [-0.25, -0.2) is 0 Å². The molecule has 2 nitrogen and oxygen atoms in total. The molecule has 0 heterocycles. The van der Waals surface area contributed by atoms with Crippen molar-refractivity contribution in [3.05, 3.63) is 42.5 Å². The highest BCUT2D eigenvalue weighted by Crippen LogP contribution is 2.15. The van der Waals surface area contributed by atoms with Gasteiger partial charge in [0.2, 0.25) is 0 Å². The highest BCUT2D eigenvalue weighted by Gasteiger charge is 1.89. The molecular formula is C11H14N2. The Morgan fingerprint density at radius 2 is 1.46 bits per heavy atom. The third-order valence-electron chi connectivity index (χ3n) is 1.77. The van der Waals surface area contributed by atoms with Crippen molar-refractivity contribution in [1.29, 1.82) is 0 Å². The molecule has 2 aromatic rings. The van der Waals surface area contributed by atoms with Crippen molar-refractivity contribution in [3.8, 4) is 0 Å². The molecule has 0 aromatic heterocycles. The number of fused-ring (bicyclic) bond motifs is 1. The van der Waals surface area contributed by atoms with Gasteiger partial charge in [-0.3, -0.25) is 0 Å². The average molecular weight is 174 g/mol. The minimum Gasteiger partial charge on any atom is -0.399 e. The molecule has 4 N–H and O–H groups in total. The van der Waals surface area contributed by atoms with Crippen LogP contribution >= 0.6 is 0 Å². The van der Waals surface area contributed by atoms with Crippen molar-refractivity contribution in [2.75, 3.05) is 12.8 Å². The van der Waals surface area contributed by atoms with Gasteiger partial charge in [0, 0.05) is 5.69 Å². The Balaban J connectivity index is 0.000000396. The SMILES string of the molecule is CN.Nc1ccc2ccccc2c1. The van der Waals surface area contributed by atoms with E-state index in [-0.39, 0.29) is 0 Å². The van der Waals surface area contributed by atoms with Crippen LogP contribution in [0.15, 0.2) is 42.5 Å². The summed E-state index contributed by atoms with van der Waals surface area (Å²) in [6.07, 6.45) is 0. The molecule has 0 saturated carbocycles. The zero-order valence-corrected chi connectivity index (χ0v) is 7.70. The quantitative estimate of drug-likeness (QED) is 0.600. The Morgan fingerprint density at radius 3 is 2.15 bits per heavy atom. The summed E-state index contributed by atoms with van der Waals surface area (Å²) in [5, 5.41) is 2.44. The second-order valence-electron chi connectivity index (χ2n) is 2.61. The van der Waals surface area contributed by atoms with Crippen LogP contribution in [0.3, 0.4) is 0 Å². The first-order valence-corrected chi connectivity index (χ1v) is 4.18. The number of hydrogen-bond donors (Lipinski definition) is 2. The fraction of sp³-hybridized carbons (Fsp3) is 0.0909. The van der Waals surface area contributed by atoms with Crippen LogP contribution in [0.2, 0.25) is 0 Å². The summed E-state index contributed by atoms with van der Waals surface area (Å²) >= 11 is 0. The predicted octanol–water partition coefficient (Wildman–Crippen LogP) is 2.00. The lowest BCUT2D eigenvalue weighted by molar-refractivity contribution is 1.48. The molecule has 2 rings (SSSR count). The summed E-state index contributed by atoms with van der Waals surface area (Å²) in [4.78, 5) is 0. The van der Waals surface area contributed by atoms with Gasteiger partial charge in [-0.1, -0.05) is 30.3 Å². The largest absolute Gasteiger partial charge is 0.399 e. The Bertz CT molecular complexity index is 383. The Hall–Kier alpha value is -1.54. The highest BCUT2D eigenvalue weighted by atomic mass is 14.5. The number of nitrogen functional groups attached to an aromatic ring is 1. The van der Waals surface area contributed by atoms with Gasteiger partial charge in [0.15, 0.2) is 0 Å². The van der Waals surface area contributed by atoms with Crippen LogP contribution in [0.5, 0.6) is 0 Å². The second-order valence-corrected chi connectivity index (χ2v) is 2.61. The number of benzene rings is 2. The molecule has 2 heteroatoms. The summed E-state index contributed by atoms with van der Waals surface area (Å²) in [6.45, 7) is 0. The zero-order valence-electron chi connectivity index (χ0n) is 7.70. The second kappa shape index (κ2) is 4.48.